The third-order valence-corrected chi connectivity index (χ3v) is 4.59. The Morgan fingerprint density at radius 3 is 2.39 bits per heavy atom. The SMILES string of the molecule is CCCC(Oc1cccc(NC(=O)c2cccc([N+](=O)[O-])c2)c1)C(=O)c1ccccc1. The van der Waals surface area contributed by atoms with Gasteiger partial charge in [0, 0.05) is 35.0 Å². The molecule has 3 rings (SSSR count). The maximum Gasteiger partial charge on any atom is 0.270 e. The van der Waals surface area contributed by atoms with Gasteiger partial charge in [-0.1, -0.05) is 55.8 Å². The van der Waals surface area contributed by atoms with Gasteiger partial charge in [-0.25, -0.2) is 0 Å². The third kappa shape index (κ3) is 5.76. The highest BCUT2D eigenvalue weighted by Gasteiger charge is 2.21. The quantitative estimate of drug-likeness (QED) is 0.290. The number of carbonyl (C=O) groups excluding carboxylic acids is 2. The zero-order valence-corrected chi connectivity index (χ0v) is 17.0. The number of nitrogens with one attached hydrogen (secondary N) is 1. The summed E-state index contributed by atoms with van der Waals surface area (Å²) in [5.41, 5.74) is 1.04. The fraction of sp³-hybridized carbons (Fsp3) is 0.167. The van der Waals surface area contributed by atoms with Crippen molar-refractivity contribution < 1.29 is 19.2 Å². The van der Waals surface area contributed by atoms with E-state index in [9.17, 15) is 19.7 Å². The number of ether oxygens (including phenoxy) is 1. The fourth-order valence-corrected chi connectivity index (χ4v) is 3.07. The van der Waals surface area contributed by atoms with Crippen LogP contribution in [0.1, 0.15) is 40.5 Å². The molecule has 0 aliphatic rings. The van der Waals surface area contributed by atoms with Crippen molar-refractivity contribution in [3.63, 3.8) is 0 Å². The molecule has 1 N–H and O–H groups in total. The molecule has 7 nitrogen and oxygen atoms in total. The molecule has 31 heavy (non-hydrogen) atoms. The number of nitro benzene ring substituents is 1. The van der Waals surface area contributed by atoms with Gasteiger partial charge in [0.05, 0.1) is 4.92 Å². The molecule has 3 aromatic rings. The molecular formula is C24H22N2O5. The normalized spacial score (nSPS) is 11.4. The molecule has 0 fully saturated rings. The minimum atomic E-state index is -0.643. The lowest BCUT2D eigenvalue weighted by atomic mass is 10.0. The highest BCUT2D eigenvalue weighted by molar-refractivity contribution is 6.04. The van der Waals surface area contributed by atoms with Crippen molar-refractivity contribution >= 4 is 23.1 Å². The Kier molecular flexibility index (Phi) is 7.11. The maximum absolute atomic E-state index is 12.8. The highest BCUT2D eigenvalue weighted by Crippen LogP contribution is 2.22. The summed E-state index contributed by atoms with van der Waals surface area (Å²) in [6, 6.07) is 21.2. The van der Waals surface area contributed by atoms with Gasteiger partial charge in [0.25, 0.3) is 11.6 Å². The largest absolute Gasteiger partial charge is 0.482 e. The van der Waals surface area contributed by atoms with Crippen LogP contribution >= 0.6 is 0 Å². The van der Waals surface area contributed by atoms with Crippen LogP contribution in [0.2, 0.25) is 0 Å². The molecule has 0 spiro atoms. The van der Waals surface area contributed by atoms with E-state index >= 15 is 0 Å². The average molecular weight is 418 g/mol. The number of rotatable bonds is 9. The molecule has 0 radical (unpaired) electrons. The summed E-state index contributed by atoms with van der Waals surface area (Å²) < 4.78 is 5.96. The minimum Gasteiger partial charge on any atom is -0.482 e. The first-order valence-electron chi connectivity index (χ1n) is 9.89. The lowest BCUT2D eigenvalue weighted by Crippen LogP contribution is -2.27. The summed E-state index contributed by atoms with van der Waals surface area (Å²) >= 11 is 0. The van der Waals surface area contributed by atoms with Crippen LogP contribution in [0.15, 0.2) is 78.9 Å². The number of hydrogen-bond acceptors (Lipinski definition) is 5. The lowest BCUT2D eigenvalue weighted by Gasteiger charge is -2.18. The third-order valence-electron chi connectivity index (χ3n) is 4.59. The predicted octanol–water partition coefficient (Wildman–Crippen LogP) is 5.28. The maximum atomic E-state index is 12.8. The summed E-state index contributed by atoms with van der Waals surface area (Å²) in [5, 5.41) is 13.6. The molecule has 3 aromatic carbocycles. The van der Waals surface area contributed by atoms with Crippen molar-refractivity contribution in [1.29, 1.82) is 0 Å². The van der Waals surface area contributed by atoms with E-state index < -0.39 is 16.9 Å². The van der Waals surface area contributed by atoms with Gasteiger partial charge in [0.2, 0.25) is 5.78 Å². The van der Waals surface area contributed by atoms with E-state index in [1.807, 2.05) is 13.0 Å². The van der Waals surface area contributed by atoms with Crippen LogP contribution in [0.4, 0.5) is 11.4 Å². The second-order valence-corrected chi connectivity index (χ2v) is 6.91. The topological polar surface area (TPSA) is 98.5 Å². The summed E-state index contributed by atoms with van der Waals surface area (Å²) in [6.45, 7) is 1.98. The van der Waals surface area contributed by atoms with E-state index in [1.165, 1.54) is 24.3 Å². The van der Waals surface area contributed by atoms with Gasteiger partial charge in [0.15, 0.2) is 6.10 Å². The monoisotopic (exact) mass is 418 g/mol. The number of non-ortho nitro benzene ring substituents is 1. The van der Waals surface area contributed by atoms with Crippen molar-refractivity contribution in [1.82, 2.24) is 0 Å². The molecular weight excluding hydrogens is 396 g/mol. The molecule has 0 aliphatic carbocycles. The van der Waals surface area contributed by atoms with Crippen molar-refractivity contribution in [3.8, 4) is 5.75 Å². The molecule has 158 valence electrons. The molecule has 1 unspecified atom stereocenters. The van der Waals surface area contributed by atoms with Crippen LogP contribution < -0.4 is 10.1 Å². The fourth-order valence-electron chi connectivity index (χ4n) is 3.07. The van der Waals surface area contributed by atoms with Crippen molar-refractivity contribution in [2.45, 2.75) is 25.9 Å². The highest BCUT2D eigenvalue weighted by atomic mass is 16.6. The Morgan fingerprint density at radius 1 is 0.968 bits per heavy atom. The van der Waals surface area contributed by atoms with E-state index in [1.54, 1.807) is 48.5 Å². The Bertz CT molecular complexity index is 1080. The molecule has 0 aliphatic heterocycles. The number of benzene rings is 3. The van der Waals surface area contributed by atoms with Crippen LogP contribution in [-0.2, 0) is 0 Å². The molecule has 7 heteroatoms. The van der Waals surface area contributed by atoms with E-state index in [-0.39, 0.29) is 17.0 Å². The molecule has 0 aromatic heterocycles. The number of carbonyl (C=O) groups is 2. The van der Waals surface area contributed by atoms with Crippen LogP contribution in [-0.4, -0.2) is 22.7 Å². The number of Topliss-reactive ketones (excluding diaryl/α,β-unsaturated/α-hetero) is 1. The standard InChI is InChI=1S/C24H22N2O5/c1-2-8-22(23(27)17-9-4-3-5-10-17)31-21-14-7-12-19(16-21)25-24(28)18-11-6-13-20(15-18)26(29)30/h3-7,9-16,22H,2,8H2,1H3,(H,25,28). The van der Waals surface area contributed by atoms with Crippen LogP contribution in [0, 0.1) is 10.1 Å². The molecule has 0 saturated heterocycles. The summed E-state index contributed by atoms with van der Waals surface area (Å²) in [4.78, 5) is 35.7. The van der Waals surface area contributed by atoms with Gasteiger partial charge in [0.1, 0.15) is 5.75 Å². The molecule has 0 heterocycles. The Labute approximate surface area is 179 Å². The van der Waals surface area contributed by atoms with Gasteiger partial charge in [-0.05, 0) is 24.6 Å². The van der Waals surface area contributed by atoms with Gasteiger partial charge < -0.3 is 10.1 Å². The van der Waals surface area contributed by atoms with Gasteiger partial charge in [-0.15, -0.1) is 0 Å². The van der Waals surface area contributed by atoms with Gasteiger partial charge in [-0.3, -0.25) is 19.7 Å². The van der Waals surface area contributed by atoms with Gasteiger partial charge >= 0.3 is 0 Å². The van der Waals surface area contributed by atoms with Crippen molar-refractivity contribution in [2.24, 2.45) is 0 Å². The van der Waals surface area contributed by atoms with Crippen LogP contribution in [0.25, 0.3) is 0 Å². The smallest absolute Gasteiger partial charge is 0.270 e. The number of ketones is 1. The number of nitro groups is 1. The van der Waals surface area contributed by atoms with E-state index in [2.05, 4.69) is 5.32 Å². The van der Waals surface area contributed by atoms with Crippen molar-refractivity contribution in [2.75, 3.05) is 5.32 Å². The first-order chi connectivity index (χ1) is 15.0. The number of anilines is 1. The Morgan fingerprint density at radius 2 is 1.68 bits per heavy atom. The number of hydrogen-bond donors (Lipinski definition) is 1. The molecule has 1 amide bonds. The number of amides is 1. The summed E-state index contributed by atoms with van der Waals surface area (Å²) in [5.74, 6) is -0.139. The molecule has 0 bridgehead atoms. The van der Waals surface area contributed by atoms with Crippen LogP contribution in [0.5, 0.6) is 5.75 Å². The zero-order valence-electron chi connectivity index (χ0n) is 17.0. The zero-order chi connectivity index (χ0) is 22.2. The summed E-state index contributed by atoms with van der Waals surface area (Å²) in [7, 11) is 0. The molecule has 1 atom stereocenters. The Balaban J connectivity index is 1.74. The molecule has 0 saturated carbocycles. The minimum absolute atomic E-state index is 0.103. The second kappa shape index (κ2) is 10.2. The average Bonchev–Trinajstić information content (AvgIpc) is 2.79. The van der Waals surface area contributed by atoms with Gasteiger partial charge in [-0.2, -0.15) is 0 Å². The van der Waals surface area contributed by atoms with E-state index in [0.29, 0.717) is 23.4 Å². The summed E-state index contributed by atoms with van der Waals surface area (Å²) in [6.07, 6.45) is 0.680. The van der Waals surface area contributed by atoms with Crippen molar-refractivity contribution in [3.05, 3.63) is 100 Å². The van der Waals surface area contributed by atoms with E-state index in [0.717, 1.165) is 6.42 Å². The van der Waals surface area contributed by atoms with Crippen LogP contribution in [0.3, 0.4) is 0 Å². The second-order valence-electron chi connectivity index (χ2n) is 6.91. The van der Waals surface area contributed by atoms with E-state index in [4.69, 9.17) is 4.74 Å². The lowest BCUT2D eigenvalue weighted by molar-refractivity contribution is -0.384. The first kappa shape index (κ1) is 21.7. The first-order valence-corrected chi connectivity index (χ1v) is 9.89. The Hall–Kier alpha value is -4.00. The number of nitrogens with zero attached hydrogens (tertiary/aromatic N) is 1. The predicted molar refractivity (Wildman–Crippen MR) is 118 cm³/mol.